The number of rotatable bonds is 3. The summed E-state index contributed by atoms with van der Waals surface area (Å²) in [6.45, 7) is 0. The van der Waals surface area contributed by atoms with Crippen LogP contribution in [-0.2, 0) is 10.3 Å². The lowest BCUT2D eigenvalue weighted by Gasteiger charge is -2.25. The highest BCUT2D eigenvalue weighted by molar-refractivity contribution is 6.08. The van der Waals surface area contributed by atoms with E-state index in [4.69, 9.17) is 10.5 Å². The third kappa shape index (κ3) is 2.27. The molecule has 1 aliphatic rings. The van der Waals surface area contributed by atoms with Gasteiger partial charge in [0.05, 0.1) is 7.11 Å². The van der Waals surface area contributed by atoms with Crippen LogP contribution in [0.5, 0.6) is 5.88 Å². The van der Waals surface area contributed by atoms with Crippen molar-refractivity contribution in [2.75, 3.05) is 14.2 Å². The molecule has 0 bridgehead atoms. The van der Waals surface area contributed by atoms with Crippen molar-refractivity contribution in [2.24, 2.45) is 10.7 Å². The average Bonchev–Trinajstić information content (AvgIpc) is 2.79. The SMILES string of the molecule is COc1ccc(C2(c3cc(F)cc(F)c3)N=C(N)N(C)C2=O)cn1. The zero-order valence-electron chi connectivity index (χ0n) is 13.0. The number of benzene rings is 1. The van der Waals surface area contributed by atoms with E-state index < -0.39 is 23.1 Å². The van der Waals surface area contributed by atoms with Crippen molar-refractivity contribution in [3.8, 4) is 5.88 Å². The van der Waals surface area contributed by atoms with Gasteiger partial charge in [-0.1, -0.05) is 0 Å². The van der Waals surface area contributed by atoms with Crippen molar-refractivity contribution < 1.29 is 18.3 Å². The second kappa shape index (κ2) is 5.55. The van der Waals surface area contributed by atoms with Crippen molar-refractivity contribution in [1.29, 1.82) is 0 Å². The van der Waals surface area contributed by atoms with Gasteiger partial charge in [0.25, 0.3) is 5.91 Å². The topological polar surface area (TPSA) is 80.8 Å². The Morgan fingerprint density at radius 1 is 1.17 bits per heavy atom. The summed E-state index contributed by atoms with van der Waals surface area (Å²) >= 11 is 0. The van der Waals surface area contributed by atoms with Gasteiger partial charge in [-0.3, -0.25) is 9.69 Å². The van der Waals surface area contributed by atoms with E-state index in [9.17, 15) is 13.6 Å². The third-order valence-electron chi connectivity index (χ3n) is 3.88. The Morgan fingerprint density at radius 3 is 2.29 bits per heavy atom. The number of hydrogen-bond acceptors (Lipinski definition) is 5. The molecular formula is C16H14F2N4O2. The largest absolute Gasteiger partial charge is 0.481 e. The first-order valence-corrected chi connectivity index (χ1v) is 6.99. The van der Waals surface area contributed by atoms with Crippen LogP contribution in [0.3, 0.4) is 0 Å². The fourth-order valence-corrected chi connectivity index (χ4v) is 2.66. The van der Waals surface area contributed by atoms with Crippen molar-refractivity contribution in [1.82, 2.24) is 9.88 Å². The van der Waals surface area contributed by atoms with Gasteiger partial charge in [0.15, 0.2) is 11.5 Å². The average molecular weight is 332 g/mol. The van der Waals surface area contributed by atoms with Gasteiger partial charge in [0, 0.05) is 30.9 Å². The van der Waals surface area contributed by atoms with Crippen LogP contribution in [0.25, 0.3) is 0 Å². The molecule has 24 heavy (non-hydrogen) atoms. The highest BCUT2D eigenvalue weighted by Gasteiger charge is 2.50. The van der Waals surface area contributed by atoms with Gasteiger partial charge in [0.1, 0.15) is 11.6 Å². The number of carbonyl (C=O) groups is 1. The summed E-state index contributed by atoms with van der Waals surface area (Å²) in [6, 6.07) is 5.93. The zero-order chi connectivity index (χ0) is 17.5. The molecule has 0 radical (unpaired) electrons. The maximum atomic E-state index is 13.7. The molecule has 1 aromatic heterocycles. The minimum Gasteiger partial charge on any atom is -0.481 e. The molecule has 1 aromatic carbocycles. The number of hydrogen-bond donors (Lipinski definition) is 1. The quantitative estimate of drug-likeness (QED) is 0.921. The summed E-state index contributed by atoms with van der Waals surface area (Å²) in [5.74, 6) is -1.89. The minimum absolute atomic E-state index is 0.0317. The molecule has 2 aromatic rings. The first-order chi connectivity index (χ1) is 11.4. The minimum atomic E-state index is -1.69. The number of pyridine rings is 1. The van der Waals surface area contributed by atoms with Crippen LogP contribution >= 0.6 is 0 Å². The molecule has 1 atom stereocenters. The Balaban J connectivity index is 2.27. The van der Waals surface area contributed by atoms with E-state index >= 15 is 0 Å². The van der Waals surface area contributed by atoms with Gasteiger partial charge in [-0.2, -0.15) is 0 Å². The van der Waals surface area contributed by atoms with Gasteiger partial charge in [-0.25, -0.2) is 18.8 Å². The summed E-state index contributed by atoms with van der Waals surface area (Å²) in [5.41, 5.74) is 4.44. The Bertz CT molecular complexity index is 818. The Kier molecular flexibility index (Phi) is 3.67. The molecule has 8 heteroatoms. The van der Waals surface area contributed by atoms with E-state index in [0.717, 1.165) is 23.1 Å². The lowest BCUT2D eigenvalue weighted by molar-refractivity contribution is -0.129. The van der Waals surface area contributed by atoms with Gasteiger partial charge < -0.3 is 10.5 Å². The van der Waals surface area contributed by atoms with E-state index in [0.29, 0.717) is 11.4 Å². The molecule has 2 heterocycles. The van der Waals surface area contributed by atoms with Crippen LogP contribution in [0.1, 0.15) is 11.1 Å². The van der Waals surface area contributed by atoms with E-state index in [-0.39, 0.29) is 11.5 Å². The van der Waals surface area contributed by atoms with E-state index in [2.05, 4.69) is 9.98 Å². The summed E-state index contributed by atoms with van der Waals surface area (Å²) in [5, 5.41) is 0. The Labute approximate surface area is 136 Å². The molecule has 0 saturated heterocycles. The predicted octanol–water partition coefficient (Wildman–Crippen LogP) is 1.40. The molecule has 2 N–H and O–H groups in total. The zero-order valence-corrected chi connectivity index (χ0v) is 13.0. The number of aromatic nitrogens is 1. The number of likely N-dealkylation sites (N-methyl/N-ethyl adjacent to an activating group) is 1. The summed E-state index contributed by atoms with van der Waals surface area (Å²) in [6.07, 6.45) is 1.37. The van der Waals surface area contributed by atoms with Crippen molar-refractivity contribution >= 4 is 11.9 Å². The summed E-state index contributed by atoms with van der Waals surface area (Å²) in [4.78, 5) is 22.2. The number of methoxy groups -OCH3 is 1. The number of guanidine groups is 1. The normalized spacial score (nSPS) is 20.2. The third-order valence-corrected chi connectivity index (χ3v) is 3.88. The van der Waals surface area contributed by atoms with Crippen LogP contribution in [-0.4, -0.2) is 35.9 Å². The highest BCUT2D eigenvalue weighted by Crippen LogP contribution is 2.39. The van der Waals surface area contributed by atoms with Crippen LogP contribution < -0.4 is 10.5 Å². The van der Waals surface area contributed by atoms with Gasteiger partial charge >= 0.3 is 0 Å². The van der Waals surface area contributed by atoms with Crippen molar-refractivity contribution in [2.45, 2.75) is 5.54 Å². The lowest BCUT2D eigenvalue weighted by Crippen LogP contribution is -2.41. The number of aliphatic imine (C=N–C) groups is 1. The Morgan fingerprint density at radius 2 is 1.83 bits per heavy atom. The predicted molar refractivity (Wildman–Crippen MR) is 82.3 cm³/mol. The van der Waals surface area contributed by atoms with Crippen LogP contribution in [0.4, 0.5) is 8.78 Å². The molecule has 124 valence electrons. The number of halogens is 2. The number of carbonyl (C=O) groups excluding carboxylic acids is 1. The number of ether oxygens (including phenoxy) is 1. The molecule has 0 fully saturated rings. The molecular weight excluding hydrogens is 318 g/mol. The first-order valence-electron chi connectivity index (χ1n) is 6.99. The molecule has 1 unspecified atom stereocenters. The number of nitrogens with zero attached hydrogens (tertiary/aromatic N) is 3. The van der Waals surface area contributed by atoms with Gasteiger partial charge in [-0.05, 0) is 23.8 Å². The fraction of sp³-hybridized carbons (Fsp3) is 0.188. The smallest absolute Gasteiger partial charge is 0.266 e. The molecule has 6 nitrogen and oxygen atoms in total. The van der Waals surface area contributed by atoms with E-state index in [1.807, 2.05) is 0 Å². The monoisotopic (exact) mass is 332 g/mol. The lowest BCUT2D eigenvalue weighted by atomic mass is 9.83. The van der Waals surface area contributed by atoms with E-state index in [1.54, 1.807) is 6.07 Å². The van der Waals surface area contributed by atoms with Gasteiger partial charge in [-0.15, -0.1) is 0 Å². The molecule has 0 aliphatic carbocycles. The standard InChI is InChI=1S/C16H14F2N4O2/c1-22-14(23)16(21-15(22)19,9-3-4-13(24-2)20-8-9)10-5-11(17)7-12(18)6-10/h3-8H,1-2H3,(H2,19,21). The first kappa shape index (κ1) is 15.9. The van der Waals surface area contributed by atoms with Crippen LogP contribution in [0.15, 0.2) is 41.5 Å². The molecule has 3 rings (SSSR count). The second-order valence-corrected chi connectivity index (χ2v) is 5.29. The molecule has 0 spiro atoms. The maximum absolute atomic E-state index is 13.7. The fourth-order valence-electron chi connectivity index (χ4n) is 2.66. The number of nitrogens with two attached hydrogens (primary N) is 1. The maximum Gasteiger partial charge on any atom is 0.266 e. The molecule has 1 amide bonds. The van der Waals surface area contributed by atoms with Gasteiger partial charge in [0.2, 0.25) is 5.88 Å². The highest BCUT2D eigenvalue weighted by atomic mass is 19.1. The van der Waals surface area contributed by atoms with Crippen molar-refractivity contribution in [3.05, 3.63) is 59.3 Å². The van der Waals surface area contributed by atoms with Crippen molar-refractivity contribution in [3.63, 3.8) is 0 Å². The van der Waals surface area contributed by atoms with E-state index in [1.165, 1.54) is 26.4 Å². The summed E-state index contributed by atoms with van der Waals surface area (Å²) in [7, 11) is 2.89. The second-order valence-electron chi connectivity index (χ2n) is 5.29. The van der Waals surface area contributed by atoms with Crippen LogP contribution in [0.2, 0.25) is 0 Å². The number of amides is 1. The molecule has 0 saturated carbocycles. The Hall–Kier alpha value is -3.03. The molecule has 1 aliphatic heterocycles. The summed E-state index contributed by atoms with van der Waals surface area (Å²) < 4.78 is 32.4. The van der Waals surface area contributed by atoms with Crippen LogP contribution in [0, 0.1) is 11.6 Å².